The van der Waals surface area contributed by atoms with Gasteiger partial charge in [-0.1, -0.05) is 42.5 Å². The third-order valence-corrected chi connectivity index (χ3v) is 11.4. The molecular formula is C31H47N8O6PPb2. The quantitative estimate of drug-likeness (QED) is 0.0160. The van der Waals surface area contributed by atoms with Crippen LogP contribution in [0.15, 0.2) is 66.5 Å². The smallest absolute Gasteiger partial charge is 0.349 e. The van der Waals surface area contributed by atoms with Crippen molar-refractivity contribution in [1.29, 1.82) is 0 Å². The number of nitrogens with zero attached hydrogens (tertiary/aromatic N) is 2. The van der Waals surface area contributed by atoms with Crippen LogP contribution in [0.2, 0.25) is 0 Å². The van der Waals surface area contributed by atoms with Crippen LogP contribution in [-0.4, -0.2) is 136 Å². The summed E-state index contributed by atoms with van der Waals surface area (Å²) in [5.41, 5.74) is 8.21. The molecule has 0 aromatic heterocycles. The second-order valence-corrected chi connectivity index (χ2v) is 14.5. The molecule has 0 fully saturated rings. The molecule has 48 heavy (non-hydrogen) atoms. The number of unbranched alkanes of at least 4 members (excludes halogenated alkanes) is 3. The Labute approximate surface area is 316 Å². The van der Waals surface area contributed by atoms with Crippen molar-refractivity contribution in [2.75, 3.05) is 41.0 Å². The van der Waals surface area contributed by atoms with Crippen molar-refractivity contribution in [1.82, 2.24) is 31.2 Å². The number of amides is 3. The zero-order valence-electron chi connectivity index (χ0n) is 27.0. The predicted molar refractivity (Wildman–Crippen MR) is 188 cm³/mol. The molecule has 3 amide bonds. The van der Waals surface area contributed by atoms with E-state index < -0.39 is 20.2 Å². The average molecular weight is 1070 g/mol. The zero-order valence-corrected chi connectivity index (χ0v) is 35.7. The molecule has 0 aliphatic heterocycles. The molecule has 0 bridgehead atoms. The summed E-state index contributed by atoms with van der Waals surface area (Å²) >= 11 is 1.90. The molecule has 0 spiro atoms. The van der Waals surface area contributed by atoms with E-state index in [0.717, 1.165) is 91.0 Å². The summed E-state index contributed by atoms with van der Waals surface area (Å²) in [5, 5.41) is 12.8. The second kappa shape index (κ2) is 25.1. The van der Waals surface area contributed by atoms with Gasteiger partial charge in [0.15, 0.2) is 8.38 Å². The fraction of sp³-hybridized carbons (Fsp3) is 0.452. The number of carbonyl (C=O) groups is 3. The number of nitrogens with one attached hydrogen (secondary N) is 4. The van der Waals surface area contributed by atoms with Crippen LogP contribution in [-0.2, 0) is 20.9 Å². The van der Waals surface area contributed by atoms with E-state index >= 15 is 0 Å². The molecule has 2 aromatic rings. The number of hydrogen-bond acceptors (Lipinski definition) is 11. The number of hydrazine groups is 1. The molecule has 2 rings (SSSR count). The number of rotatable bonds is 25. The Balaban J connectivity index is 1.93. The van der Waals surface area contributed by atoms with Crippen LogP contribution in [0.4, 0.5) is 0 Å². The maximum atomic E-state index is 13.1. The summed E-state index contributed by atoms with van der Waals surface area (Å²) in [7, 11) is -2.27. The van der Waals surface area contributed by atoms with Gasteiger partial charge in [-0.15, -0.1) is 0 Å². The second-order valence-electron chi connectivity index (χ2n) is 10.9. The van der Waals surface area contributed by atoms with E-state index in [1.165, 1.54) is 11.2 Å². The first-order chi connectivity index (χ1) is 23.2. The van der Waals surface area contributed by atoms with Crippen molar-refractivity contribution in [2.45, 2.75) is 44.1 Å². The van der Waals surface area contributed by atoms with Crippen LogP contribution < -0.4 is 37.6 Å². The molecule has 2 unspecified atom stereocenters. The van der Waals surface area contributed by atoms with E-state index in [2.05, 4.69) is 26.2 Å². The van der Waals surface area contributed by atoms with Crippen molar-refractivity contribution < 1.29 is 28.9 Å². The van der Waals surface area contributed by atoms with Crippen molar-refractivity contribution >= 4 is 78.1 Å². The summed E-state index contributed by atoms with van der Waals surface area (Å²) in [5.74, 6) is 5.51. The molecule has 0 saturated carbocycles. The molecule has 0 aliphatic rings. The van der Waals surface area contributed by atoms with Gasteiger partial charge in [-0.2, -0.15) is 0 Å². The summed E-state index contributed by atoms with van der Waals surface area (Å²) < 4.78 is 7.55. The van der Waals surface area contributed by atoms with Gasteiger partial charge in [0.1, 0.15) is 11.5 Å². The molecule has 0 saturated heterocycles. The number of ether oxygens (including phenoxy) is 1. The Bertz CT molecular complexity index is 1250. The molecule has 10 N–H and O–H groups in total. The SMILES string of the molecule is N/C(=C\N(N)CC(NC(=O)CN([CH2][Pb])[CH2][Pb])C(=O)NCCCCCCNC=O)COc1ccc(C(NCc2ccccc2)P(O)O)cc1. The van der Waals surface area contributed by atoms with Gasteiger partial charge in [-0.25, -0.2) is 0 Å². The van der Waals surface area contributed by atoms with Gasteiger partial charge in [-0.05, 0) is 29.7 Å². The van der Waals surface area contributed by atoms with Gasteiger partial charge in [0.25, 0.3) is 0 Å². The number of carbonyl (C=O) groups excluding carboxylic acids is 3. The first kappa shape index (κ1) is 42.2. The standard InChI is InChI=1S/C31H47N8O6P.2Pb/c1-38(2)21-29(41)37-28(30(42)35-17-9-4-3-8-16-34-23-40)20-39(33)19-26(32)22-45-27-14-12-25(13-15-27)31(46(43)44)36-18-24-10-6-5-7-11-24;;/h5-7,10-15,19,23,28,31,36,43-44H,1-4,8-9,16-18,20-22,32-33H2,(H,34,40)(H,35,42)(H,37,41);;/b26-19-;;. The maximum absolute atomic E-state index is 13.1. The van der Waals surface area contributed by atoms with Crippen molar-refractivity contribution in [3.8, 4) is 5.75 Å². The first-order valence-electron chi connectivity index (χ1n) is 15.6. The van der Waals surface area contributed by atoms with E-state index in [0.29, 0.717) is 43.1 Å². The van der Waals surface area contributed by atoms with Gasteiger partial charge in [0.2, 0.25) is 6.41 Å². The van der Waals surface area contributed by atoms with Crippen molar-refractivity contribution in [2.24, 2.45) is 11.6 Å². The average Bonchev–Trinajstić information content (AvgIpc) is 3.08. The van der Waals surface area contributed by atoms with Crippen LogP contribution in [0.1, 0.15) is 42.6 Å². The zero-order chi connectivity index (χ0) is 35.1. The number of nitrogens with two attached hydrogens (primary N) is 2. The monoisotopic (exact) mass is 1070 g/mol. The van der Waals surface area contributed by atoms with Gasteiger partial charge in [0.05, 0.1) is 0 Å². The van der Waals surface area contributed by atoms with Crippen LogP contribution in [0.5, 0.6) is 5.75 Å². The summed E-state index contributed by atoms with van der Waals surface area (Å²) in [6.07, 6.45) is 5.61. The predicted octanol–water partition coefficient (Wildman–Crippen LogP) is -0.412. The Morgan fingerprint density at radius 3 is 2.27 bits per heavy atom. The fourth-order valence-electron chi connectivity index (χ4n) is 4.47. The summed E-state index contributed by atoms with van der Waals surface area (Å²) in [6.45, 7) is 1.80. The minimum atomic E-state index is -2.27. The Morgan fingerprint density at radius 1 is 0.979 bits per heavy atom. The van der Waals surface area contributed by atoms with Gasteiger partial charge in [0, 0.05) is 13.1 Å². The van der Waals surface area contributed by atoms with Crippen molar-refractivity contribution in [3.63, 3.8) is 0 Å². The van der Waals surface area contributed by atoms with Crippen LogP contribution in [0.25, 0.3) is 0 Å². The molecule has 2 atom stereocenters. The summed E-state index contributed by atoms with van der Waals surface area (Å²) in [4.78, 5) is 58.3. The number of hydrogen-bond donors (Lipinski definition) is 8. The van der Waals surface area contributed by atoms with E-state index in [-0.39, 0.29) is 31.5 Å². The molecule has 2 aromatic carbocycles. The van der Waals surface area contributed by atoms with E-state index in [4.69, 9.17) is 16.3 Å². The van der Waals surface area contributed by atoms with Crippen LogP contribution in [0, 0.1) is 0 Å². The van der Waals surface area contributed by atoms with E-state index in [1.54, 1.807) is 24.3 Å². The van der Waals surface area contributed by atoms with Gasteiger partial charge in [-0.3, -0.25) is 10.1 Å². The molecule has 14 nitrogen and oxygen atoms in total. The first-order valence-corrected chi connectivity index (χ1v) is 22.4. The Hall–Kier alpha value is -1.94. The van der Waals surface area contributed by atoms with Crippen molar-refractivity contribution in [3.05, 3.63) is 77.6 Å². The van der Waals surface area contributed by atoms with Gasteiger partial charge >= 0.3 is 181 Å². The molecule has 0 aliphatic carbocycles. The summed E-state index contributed by atoms with van der Waals surface area (Å²) in [6, 6.07) is 15.8. The van der Waals surface area contributed by atoms with Crippen LogP contribution >= 0.6 is 8.38 Å². The normalized spacial score (nSPS) is 12.8. The molecule has 0 heterocycles. The number of benzene rings is 2. The minimum absolute atomic E-state index is 0.00520. The topological polar surface area (TPSA) is 208 Å². The third-order valence-electron chi connectivity index (χ3n) is 7.00. The van der Waals surface area contributed by atoms with Gasteiger partial charge < -0.3 is 15.1 Å². The molecule has 6 radical (unpaired) electrons. The third kappa shape index (κ3) is 17.6. The van der Waals surface area contributed by atoms with E-state index in [9.17, 15) is 24.2 Å². The van der Waals surface area contributed by atoms with Crippen LogP contribution in [0.3, 0.4) is 0 Å². The van der Waals surface area contributed by atoms with E-state index in [1.807, 2.05) is 30.3 Å². The molecular weight excluding hydrogens is 1030 g/mol. The minimum Gasteiger partial charge on any atom is -0.349 e. The Morgan fingerprint density at radius 2 is 1.65 bits per heavy atom. The molecule has 260 valence electrons. The fourth-order valence-corrected chi connectivity index (χ4v) is 10.3. The Kier molecular flexibility index (Phi) is 22.1. The molecule has 17 heteroatoms.